The van der Waals surface area contributed by atoms with E-state index in [1.807, 2.05) is 6.07 Å². The van der Waals surface area contributed by atoms with Crippen molar-refractivity contribution in [3.05, 3.63) is 24.2 Å². The predicted molar refractivity (Wildman–Crippen MR) is 109 cm³/mol. The third-order valence-corrected chi connectivity index (χ3v) is 8.50. The van der Waals surface area contributed by atoms with Crippen molar-refractivity contribution in [2.45, 2.75) is 71.4 Å². The molecule has 1 aromatic heterocycles. The molecular formula is C24H30O8. The molecule has 4 aliphatic rings. The van der Waals surface area contributed by atoms with Crippen molar-refractivity contribution in [1.29, 1.82) is 0 Å². The molecule has 4 fully saturated rings. The Morgan fingerprint density at radius 1 is 1.16 bits per heavy atom. The number of furan rings is 1. The lowest BCUT2D eigenvalue weighted by Gasteiger charge is -2.59. The van der Waals surface area contributed by atoms with Crippen LogP contribution in [0.25, 0.3) is 0 Å². The molecule has 5 rings (SSSR count). The van der Waals surface area contributed by atoms with E-state index in [9.17, 15) is 14.4 Å². The third kappa shape index (κ3) is 2.95. The van der Waals surface area contributed by atoms with Crippen molar-refractivity contribution >= 4 is 17.9 Å². The summed E-state index contributed by atoms with van der Waals surface area (Å²) >= 11 is 0. The maximum absolute atomic E-state index is 13.6. The Kier molecular flexibility index (Phi) is 5.11. The Morgan fingerprint density at radius 2 is 1.94 bits per heavy atom. The van der Waals surface area contributed by atoms with E-state index in [2.05, 4.69) is 6.92 Å². The summed E-state index contributed by atoms with van der Waals surface area (Å²) in [6, 6.07) is 1.83. The van der Waals surface area contributed by atoms with Crippen molar-refractivity contribution in [3.63, 3.8) is 0 Å². The molecule has 0 unspecified atom stereocenters. The average molecular weight is 446 g/mol. The van der Waals surface area contributed by atoms with Crippen molar-refractivity contribution < 1.29 is 37.7 Å². The third-order valence-electron chi connectivity index (χ3n) is 8.50. The first-order valence-corrected chi connectivity index (χ1v) is 11.5. The molecule has 174 valence electrons. The second-order valence-electron chi connectivity index (χ2n) is 9.92. The largest absolute Gasteiger partial charge is 0.472 e. The minimum absolute atomic E-state index is 0.0431. The number of esters is 3. The number of carbonyl (C=O) groups excluding carboxylic acids is 3. The number of carbonyl (C=O) groups is 3. The lowest BCUT2D eigenvalue weighted by atomic mass is 9.43. The molecule has 3 heterocycles. The van der Waals surface area contributed by atoms with Gasteiger partial charge in [-0.1, -0.05) is 13.3 Å². The van der Waals surface area contributed by atoms with Gasteiger partial charge in [0.05, 0.1) is 24.5 Å². The van der Waals surface area contributed by atoms with Gasteiger partial charge in [-0.25, -0.2) is 0 Å². The number of cyclic esters (lactones) is 1. The van der Waals surface area contributed by atoms with E-state index in [1.165, 1.54) is 13.8 Å². The van der Waals surface area contributed by atoms with Crippen LogP contribution in [0.3, 0.4) is 0 Å². The maximum Gasteiger partial charge on any atom is 0.313 e. The van der Waals surface area contributed by atoms with Gasteiger partial charge in [0.1, 0.15) is 12.2 Å². The molecule has 2 saturated heterocycles. The first-order chi connectivity index (χ1) is 15.3. The van der Waals surface area contributed by atoms with Crippen molar-refractivity contribution in [3.8, 4) is 0 Å². The lowest BCUT2D eigenvalue weighted by molar-refractivity contribution is -0.209. The Labute approximate surface area is 186 Å². The predicted octanol–water partition coefficient (Wildman–Crippen LogP) is 3.55. The second-order valence-corrected chi connectivity index (χ2v) is 9.92. The number of fused-ring (bicyclic) bond motifs is 1. The molecule has 8 heteroatoms. The normalized spacial score (nSPS) is 42.8. The van der Waals surface area contributed by atoms with Crippen LogP contribution >= 0.6 is 0 Å². The van der Waals surface area contributed by atoms with E-state index in [1.54, 1.807) is 12.5 Å². The van der Waals surface area contributed by atoms with Crippen molar-refractivity contribution in [2.75, 3.05) is 6.61 Å². The number of hydrogen-bond acceptors (Lipinski definition) is 8. The van der Waals surface area contributed by atoms with E-state index in [0.717, 1.165) is 24.8 Å². The van der Waals surface area contributed by atoms with Gasteiger partial charge in [-0.15, -0.1) is 0 Å². The summed E-state index contributed by atoms with van der Waals surface area (Å²) < 4.78 is 28.7. The molecule has 2 spiro atoms. The molecule has 8 nitrogen and oxygen atoms in total. The van der Waals surface area contributed by atoms with Crippen LogP contribution in [0.15, 0.2) is 23.0 Å². The summed E-state index contributed by atoms with van der Waals surface area (Å²) in [5, 5.41) is 0. The van der Waals surface area contributed by atoms with E-state index in [4.69, 9.17) is 23.4 Å². The molecular weight excluding hydrogens is 416 g/mol. The van der Waals surface area contributed by atoms with Crippen molar-refractivity contribution in [1.82, 2.24) is 0 Å². The number of rotatable bonds is 3. The summed E-state index contributed by atoms with van der Waals surface area (Å²) in [5.74, 6) is -1.24. The number of hydrogen-bond donors (Lipinski definition) is 0. The minimum Gasteiger partial charge on any atom is -0.472 e. The van der Waals surface area contributed by atoms with Gasteiger partial charge in [-0.3, -0.25) is 14.4 Å². The molecule has 0 amide bonds. The van der Waals surface area contributed by atoms with E-state index in [0.29, 0.717) is 12.8 Å². The van der Waals surface area contributed by atoms with Gasteiger partial charge in [-0.05, 0) is 37.2 Å². The van der Waals surface area contributed by atoms with Crippen LogP contribution in [0, 0.1) is 28.6 Å². The monoisotopic (exact) mass is 446 g/mol. The molecule has 0 aromatic carbocycles. The summed E-state index contributed by atoms with van der Waals surface area (Å²) in [5.41, 5.74) is -0.460. The Morgan fingerprint density at radius 3 is 2.62 bits per heavy atom. The Bertz CT molecular complexity index is 909. The first kappa shape index (κ1) is 21.5. The zero-order valence-electron chi connectivity index (χ0n) is 18.7. The maximum atomic E-state index is 13.6. The molecule has 0 radical (unpaired) electrons. The fourth-order valence-corrected chi connectivity index (χ4v) is 7.30. The molecule has 0 N–H and O–H groups in total. The smallest absolute Gasteiger partial charge is 0.313 e. The fourth-order valence-electron chi connectivity index (χ4n) is 7.30. The van der Waals surface area contributed by atoms with Crippen LogP contribution in [-0.4, -0.2) is 36.9 Å². The summed E-state index contributed by atoms with van der Waals surface area (Å²) in [6.45, 7) is 5.13. The van der Waals surface area contributed by atoms with E-state index in [-0.39, 0.29) is 42.4 Å². The zero-order valence-corrected chi connectivity index (χ0v) is 18.7. The summed E-state index contributed by atoms with van der Waals surface area (Å²) in [4.78, 5) is 37.4. The van der Waals surface area contributed by atoms with Gasteiger partial charge in [-0.2, -0.15) is 0 Å². The van der Waals surface area contributed by atoms with E-state index >= 15 is 0 Å². The van der Waals surface area contributed by atoms with Gasteiger partial charge < -0.3 is 23.4 Å². The quantitative estimate of drug-likeness (QED) is 0.513. The topological polar surface area (TPSA) is 101 Å². The average Bonchev–Trinajstić information content (AvgIpc) is 3.44. The highest BCUT2D eigenvalue weighted by Gasteiger charge is 2.73. The van der Waals surface area contributed by atoms with Gasteiger partial charge in [0.2, 0.25) is 6.29 Å². The molecule has 2 aliphatic heterocycles. The van der Waals surface area contributed by atoms with Crippen LogP contribution in [0.5, 0.6) is 0 Å². The van der Waals surface area contributed by atoms with Gasteiger partial charge in [0, 0.05) is 37.2 Å². The van der Waals surface area contributed by atoms with Gasteiger partial charge in [0.25, 0.3) is 0 Å². The number of ether oxygens (including phenoxy) is 4. The highest BCUT2D eigenvalue weighted by atomic mass is 16.7. The van der Waals surface area contributed by atoms with Crippen molar-refractivity contribution in [2.24, 2.45) is 28.6 Å². The molecule has 0 bridgehead atoms. The SMILES string of the molecule is CC(=O)O[C@@H]1OC[C@@]23[C@H](CCC[C@@H]12)[C@@]1(C[C@H](c2ccoc2)OC1=O)[C@H](C)C[C@H]3OC(C)=O. The molecule has 2 saturated carbocycles. The summed E-state index contributed by atoms with van der Waals surface area (Å²) in [7, 11) is 0. The zero-order chi connectivity index (χ0) is 22.7. The molecule has 8 atom stereocenters. The van der Waals surface area contributed by atoms with Gasteiger partial charge >= 0.3 is 17.9 Å². The van der Waals surface area contributed by atoms with Crippen LogP contribution < -0.4 is 0 Å². The second kappa shape index (κ2) is 7.61. The fraction of sp³-hybridized carbons (Fsp3) is 0.708. The Hall–Kier alpha value is -2.35. The highest BCUT2D eigenvalue weighted by molar-refractivity contribution is 5.81. The highest BCUT2D eigenvalue weighted by Crippen LogP contribution is 2.69. The molecule has 1 aromatic rings. The van der Waals surface area contributed by atoms with Crippen LogP contribution in [0.4, 0.5) is 0 Å². The summed E-state index contributed by atoms with van der Waals surface area (Å²) in [6.07, 6.45) is 5.31. The van der Waals surface area contributed by atoms with Crippen LogP contribution in [0.1, 0.15) is 64.5 Å². The molecule has 32 heavy (non-hydrogen) atoms. The first-order valence-electron chi connectivity index (χ1n) is 11.5. The standard InChI is InChI=1S/C24H30O8/c1-13-9-20(30-14(2)25)24-12-29-21(31-15(3)26)17(24)5-4-6-19(24)23(13)10-18(32-22(23)27)16-7-8-28-11-16/h7-8,11,13,17-21H,4-6,9-10,12H2,1-3H3/t13-,17+,18-,19-,20-,21+,23-,24+/m1/s1. The van der Waals surface area contributed by atoms with Crippen LogP contribution in [0.2, 0.25) is 0 Å². The molecule has 2 aliphatic carbocycles. The van der Waals surface area contributed by atoms with Gasteiger partial charge in [0.15, 0.2) is 0 Å². The van der Waals surface area contributed by atoms with Crippen LogP contribution in [-0.2, 0) is 33.3 Å². The lowest BCUT2D eigenvalue weighted by Crippen LogP contribution is -2.64. The minimum atomic E-state index is -0.717. The Balaban J connectivity index is 1.58. The van der Waals surface area contributed by atoms with E-state index < -0.39 is 29.2 Å².